The van der Waals surface area contributed by atoms with Crippen LogP contribution < -0.4 is 5.32 Å². The van der Waals surface area contributed by atoms with Gasteiger partial charge in [-0.1, -0.05) is 30.3 Å². The van der Waals surface area contributed by atoms with Gasteiger partial charge in [-0.3, -0.25) is 9.69 Å². The molecule has 1 aromatic heterocycles. The van der Waals surface area contributed by atoms with Crippen LogP contribution in [0.2, 0.25) is 0 Å². The van der Waals surface area contributed by atoms with Crippen molar-refractivity contribution in [3.8, 4) is 0 Å². The number of fused-ring (bicyclic) bond motifs is 1. The molecule has 1 unspecified atom stereocenters. The number of methoxy groups -OCH3 is 1. The zero-order valence-electron chi connectivity index (χ0n) is 12.8. The van der Waals surface area contributed by atoms with Crippen LogP contribution in [-0.2, 0) is 22.5 Å². The van der Waals surface area contributed by atoms with Gasteiger partial charge < -0.3 is 10.1 Å². The Morgan fingerprint density at radius 1 is 1.30 bits per heavy atom. The minimum Gasteiger partial charge on any atom is -0.453 e. The molecule has 0 radical (unpaired) electrons. The maximum Gasteiger partial charge on any atom is 0.410 e. The summed E-state index contributed by atoms with van der Waals surface area (Å²) in [6, 6.07) is 11.0. The fourth-order valence-corrected chi connectivity index (χ4v) is 3.49. The Kier molecular flexibility index (Phi) is 4.62. The number of carbonyl (C=O) groups is 2. The van der Waals surface area contributed by atoms with Gasteiger partial charge in [-0.15, -0.1) is 11.3 Å². The lowest BCUT2D eigenvalue weighted by atomic mass is 9.92. The molecule has 1 aliphatic rings. The van der Waals surface area contributed by atoms with Gasteiger partial charge in [-0.05, 0) is 29.0 Å². The summed E-state index contributed by atoms with van der Waals surface area (Å²) < 4.78 is 4.84. The Morgan fingerprint density at radius 3 is 2.87 bits per heavy atom. The minimum atomic E-state index is -0.646. The number of thiophene rings is 1. The third-order valence-electron chi connectivity index (χ3n) is 3.96. The smallest absolute Gasteiger partial charge is 0.410 e. The van der Waals surface area contributed by atoms with E-state index in [0.29, 0.717) is 13.1 Å². The summed E-state index contributed by atoms with van der Waals surface area (Å²) >= 11 is 1.59. The van der Waals surface area contributed by atoms with Crippen LogP contribution in [0.15, 0.2) is 41.8 Å². The summed E-state index contributed by atoms with van der Waals surface area (Å²) in [5.74, 6) is -0.184. The number of rotatable bonds is 3. The average molecular weight is 330 g/mol. The molecule has 2 heterocycles. The van der Waals surface area contributed by atoms with Crippen LogP contribution in [0.5, 0.6) is 0 Å². The predicted octanol–water partition coefficient (Wildman–Crippen LogP) is 2.73. The number of nitrogens with one attached hydrogen (secondary N) is 1. The molecule has 23 heavy (non-hydrogen) atoms. The lowest BCUT2D eigenvalue weighted by molar-refractivity contribution is -0.126. The summed E-state index contributed by atoms with van der Waals surface area (Å²) in [5, 5.41) is 4.90. The molecule has 1 atom stereocenters. The molecule has 6 heteroatoms. The fraction of sp³-hybridized carbons (Fsp3) is 0.294. The molecule has 0 aliphatic carbocycles. The summed E-state index contributed by atoms with van der Waals surface area (Å²) in [6.45, 7) is 0.935. The molecule has 0 bridgehead atoms. The molecule has 1 aromatic carbocycles. The molecule has 2 amide bonds. The summed E-state index contributed by atoms with van der Waals surface area (Å²) in [6.07, 6.45) is 0.246. The number of hydrogen-bond acceptors (Lipinski definition) is 4. The lowest BCUT2D eigenvalue weighted by Gasteiger charge is -2.35. The number of amides is 2. The molecule has 0 saturated heterocycles. The van der Waals surface area contributed by atoms with Gasteiger partial charge in [0, 0.05) is 11.4 Å². The number of nitrogens with zero attached hydrogens (tertiary/aromatic N) is 1. The van der Waals surface area contributed by atoms with Crippen molar-refractivity contribution >= 4 is 23.3 Å². The molecule has 0 spiro atoms. The van der Waals surface area contributed by atoms with Crippen molar-refractivity contribution < 1.29 is 14.3 Å². The van der Waals surface area contributed by atoms with E-state index in [1.807, 2.05) is 41.8 Å². The molecular weight excluding hydrogens is 312 g/mol. The first kappa shape index (κ1) is 15.6. The van der Waals surface area contributed by atoms with Crippen molar-refractivity contribution in [3.05, 3.63) is 57.8 Å². The van der Waals surface area contributed by atoms with E-state index in [9.17, 15) is 9.59 Å². The normalized spacial score (nSPS) is 16.6. The van der Waals surface area contributed by atoms with Crippen LogP contribution in [-0.4, -0.2) is 30.6 Å². The Labute approximate surface area is 138 Å². The molecule has 0 saturated carbocycles. The molecular formula is C17H18N2O3S. The van der Waals surface area contributed by atoms with Crippen LogP contribution in [0.25, 0.3) is 0 Å². The summed E-state index contributed by atoms with van der Waals surface area (Å²) in [5.41, 5.74) is 1.97. The van der Waals surface area contributed by atoms with E-state index in [1.54, 1.807) is 11.3 Å². The summed E-state index contributed by atoms with van der Waals surface area (Å²) in [7, 11) is 1.34. The summed E-state index contributed by atoms with van der Waals surface area (Å²) in [4.78, 5) is 27.3. The van der Waals surface area contributed by atoms with Gasteiger partial charge in [0.15, 0.2) is 0 Å². The lowest BCUT2D eigenvalue weighted by Crippen LogP contribution is -2.47. The molecule has 1 N–H and O–H groups in total. The highest BCUT2D eigenvalue weighted by Gasteiger charge is 2.36. The number of ether oxygens (including phenoxy) is 1. The molecule has 3 rings (SSSR count). The van der Waals surface area contributed by atoms with Crippen LogP contribution in [0.3, 0.4) is 0 Å². The minimum absolute atomic E-state index is 0.184. The van der Waals surface area contributed by atoms with Gasteiger partial charge >= 0.3 is 6.09 Å². The van der Waals surface area contributed by atoms with Gasteiger partial charge in [-0.25, -0.2) is 4.79 Å². The van der Waals surface area contributed by atoms with Gasteiger partial charge in [-0.2, -0.15) is 0 Å². The van der Waals surface area contributed by atoms with Crippen LogP contribution in [0.1, 0.15) is 22.0 Å². The highest BCUT2D eigenvalue weighted by molar-refractivity contribution is 7.09. The molecule has 2 aromatic rings. The van der Waals surface area contributed by atoms with Crippen molar-refractivity contribution in [2.75, 3.05) is 13.7 Å². The van der Waals surface area contributed by atoms with Crippen LogP contribution in [0, 0.1) is 0 Å². The average Bonchev–Trinajstić information content (AvgIpc) is 3.11. The second-order valence-corrected chi connectivity index (χ2v) is 6.34. The van der Waals surface area contributed by atoms with Crippen molar-refractivity contribution in [2.24, 2.45) is 0 Å². The maximum atomic E-state index is 12.7. The first-order chi connectivity index (χ1) is 11.2. The Balaban J connectivity index is 1.84. The van der Waals surface area contributed by atoms with Gasteiger partial charge in [0.2, 0.25) is 5.91 Å². The quantitative estimate of drug-likeness (QED) is 0.941. The largest absolute Gasteiger partial charge is 0.453 e. The molecule has 120 valence electrons. The highest BCUT2D eigenvalue weighted by atomic mass is 32.1. The van der Waals surface area contributed by atoms with E-state index >= 15 is 0 Å². The number of carbonyl (C=O) groups excluding carboxylic acids is 2. The third-order valence-corrected chi connectivity index (χ3v) is 4.83. The topological polar surface area (TPSA) is 58.6 Å². The van der Waals surface area contributed by atoms with Gasteiger partial charge in [0.25, 0.3) is 0 Å². The van der Waals surface area contributed by atoms with E-state index in [0.717, 1.165) is 22.4 Å². The Hall–Kier alpha value is -2.34. The van der Waals surface area contributed by atoms with Crippen LogP contribution >= 0.6 is 11.3 Å². The zero-order chi connectivity index (χ0) is 16.2. The molecule has 1 aliphatic heterocycles. The van der Waals surface area contributed by atoms with Crippen molar-refractivity contribution in [1.82, 2.24) is 10.2 Å². The third kappa shape index (κ3) is 3.22. The van der Waals surface area contributed by atoms with E-state index in [1.165, 1.54) is 12.0 Å². The van der Waals surface area contributed by atoms with Gasteiger partial charge in [0.1, 0.15) is 6.04 Å². The first-order valence-electron chi connectivity index (χ1n) is 7.43. The number of benzene rings is 1. The molecule has 5 nitrogen and oxygen atoms in total. The second kappa shape index (κ2) is 6.83. The fourth-order valence-electron chi connectivity index (χ4n) is 2.85. The van der Waals surface area contributed by atoms with E-state index < -0.39 is 12.1 Å². The van der Waals surface area contributed by atoms with Crippen LogP contribution in [0.4, 0.5) is 4.79 Å². The Bertz CT molecular complexity index is 700. The SMILES string of the molecule is COC(=O)N1CCc2ccccc2C1C(=O)NCc1cccs1. The van der Waals surface area contributed by atoms with E-state index in [4.69, 9.17) is 4.74 Å². The molecule has 0 fully saturated rings. The Morgan fingerprint density at radius 2 is 2.13 bits per heavy atom. The van der Waals surface area contributed by atoms with Crippen molar-refractivity contribution in [1.29, 1.82) is 0 Å². The van der Waals surface area contributed by atoms with Crippen molar-refractivity contribution in [2.45, 2.75) is 19.0 Å². The zero-order valence-corrected chi connectivity index (χ0v) is 13.6. The van der Waals surface area contributed by atoms with Crippen molar-refractivity contribution in [3.63, 3.8) is 0 Å². The maximum absolute atomic E-state index is 12.7. The van der Waals surface area contributed by atoms with E-state index in [2.05, 4.69) is 5.32 Å². The monoisotopic (exact) mass is 330 g/mol. The highest BCUT2D eigenvalue weighted by Crippen LogP contribution is 2.30. The van der Waals surface area contributed by atoms with E-state index in [-0.39, 0.29) is 5.91 Å². The first-order valence-corrected chi connectivity index (χ1v) is 8.31. The second-order valence-electron chi connectivity index (χ2n) is 5.31. The predicted molar refractivity (Wildman–Crippen MR) is 88.2 cm³/mol. The van der Waals surface area contributed by atoms with Gasteiger partial charge in [0.05, 0.1) is 13.7 Å². The number of hydrogen-bond donors (Lipinski definition) is 1. The standard InChI is InChI=1S/C17H18N2O3S/c1-22-17(21)19-9-8-12-5-2-3-7-14(12)15(19)16(20)18-11-13-6-4-10-23-13/h2-7,10,15H,8-9,11H2,1H3,(H,18,20).